The minimum atomic E-state index is 0.627. The zero-order chi connectivity index (χ0) is 33.0. The van der Waals surface area contributed by atoms with Crippen LogP contribution in [0.15, 0.2) is 173 Å². The number of furan rings is 2. The average Bonchev–Trinajstić information content (AvgIpc) is 3.77. The second-order valence-electron chi connectivity index (χ2n) is 12.3. The van der Waals surface area contributed by atoms with Gasteiger partial charge in [-0.25, -0.2) is 9.97 Å². The summed E-state index contributed by atoms with van der Waals surface area (Å²) in [6.07, 6.45) is 1.81. The smallest absolute Gasteiger partial charge is 0.161 e. The second kappa shape index (κ2) is 11.4. The van der Waals surface area contributed by atoms with E-state index in [1.165, 1.54) is 0 Å². The lowest BCUT2D eigenvalue weighted by molar-refractivity contribution is 0.668. The van der Waals surface area contributed by atoms with Crippen LogP contribution in [0.3, 0.4) is 0 Å². The summed E-state index contributed by atoms with van der Waals surface area (Å²) < 4.78 is 13.0. The molecule has 50 heavy (non-hydrogen) atoms. The number of hydrogen-bond donors (Lipinski definition) is 0. The highest BCUT2D eigenvalue weighted by atomic mass is 16.3. The Labute approximate surface area is 287 Å². The van der Waals surface area contributed by atoms with Crippen LogP contribution < -0.4 is 0 Å². The average molecular weight is 642 g/mol. The first kappa shape index (κ1) is 28.2. The summed E-state index contributed by atoms with van der Waals surface area (Å²) in [4.78, 5) is 15.1. The van der Waals surface area contributed by atoms with E-state index in [2.05, 4.69) is 77.8 Å². The molecule has 234 valence electrons. The molecule has 10 rings (SSSR count). The number of aromatic nitrogens is 3. The molecule has 0 bridgehead atoms. The van der Waals surface area contributed by atoms with E-state index in [1.54, 1.807) is 0 Å². The lowest BCUT2D eigenvalue weighted by atomic mass is 9.94. The lowest BCUT2D eigenvalue weighted by Crippen LogP contribution is -1.98. The summed E-state index contributed by atoms with van der Waals surface area (Å²) in [5, 5.41) is 4.17. The number of fused-ring (bicyclic) bond motifs is 6. The predicted octanol–water partition coefficient (Wildman–Crippen LogP) is 12.0. The standard InChI is InChI=1S/C45H27N3O2/c1-2-13-28(14-3-1)37-27-38(48-45(47-37)32-16-5-4-15-29(32)36-20-10-11-26-46-36)33-25-24-31(44-43(33)35-18-7-9-22-40(35)50-44)30-19-12-23-41-42(30)34-17-6-8-21-39(34)49-41/h1-27H. The molecule has 6 aromatic carbocycles. The van der Waals surface area contributed by atoms with Crippen molar-refractivity contribution in [1.82, 2.24) is 15.0 Å². The van der Waals surface area contributed by atoms with Gasteiger partial charge < -0.3 is 8.83 Å². The molecular formula is C45H27N3O2. The Balaban J connectivity index is 1.26. The van der Waals surface area contributed by atoms with E-state index in [0.717, 1.165) is 94.3 Å². The third kappa shape index (κ3) is 4.52. The molecule has 5 nitrogen and oxygen atoms in total. The van der Waals surface area contributed by atoms with E-state index in [4.69, 9.17) is 18.8 Å². The van der Waals surface area contributed by atoms with Crippen molar-refractivity contribution in [3.63, 3.8) is 0 Å². The minimum Gasteiger partial charge on any atom is -0.456 e. The molecule has 4 aromatic heterocycles. The molecule has 5 heteroatoms. The quantitative estimate of drug-likeness (QED) is 0.187. The fraction of sp³-hybridized carbons (Fsp3) is 0. The Morgan fingerprint density at radius 3 is 1.84 bits per heavy atom. The Kier molecular flexibility index (Phi) is 6.42. The highest BCUT2D eigenvalue weighted by Crippen LogP contribution is 2.45. The predicted molar refractivity (Wildman–Crippen MR) is 202 cm³/mol. The van der Waals surface area contributed by atoms with Crippen LogP contribution in [-0.2, 0) is 0 Å². The first-order chi connectivity index (χ1) is 24.8. The van der Waals surface area contributed by atoms with Crippen LogP contribution in [0.1, 0.15) is 0 Å². The van der Waals surface area contributed by atoms with Gasteiger partial charge in [0.1, 0.15) is 22.3 Å². The molecular weight excluding hydrogens is 615 g/mol. The van der Waals surface area contributed by atoms with E-state index in [0.29, 0.717) is 5.82 Å². The molecule has 0 saturated heterocycles. The number of benzene rings is 6. The van der Waals surface area contributed by atoms with Crippen LogP contribution in [-0.4, -0.2) is 15.0 Å². The molecule has 0 atom stereocenters. The van der Waals surface area contributed by atoms with E-state index in [1.807, 2.05) is 91.1 Å². The maximum Gasteiger partial charge on any atom is 0.161 e. The zero-order valence-electron chi connectivity index (χ0n) is 26.7. The van der Waals surface area contributed by atoms with Crippen LogP contribution in [0, 0.1) is 0 Å². The number of para-hydroxylation sites is 2. The van der Waals surface area contributed by atoms with Crippen molar-refractivity contribution in [3.05, 3.63) is 164 Å². The molecule has 0 unspecified atom stereocenters. The van der Waals surface area contributed by atoms with Crippen LogP contribution in [0.4, 0.5) is 0 Å². The van der Waals surface area contributed by atoms with E-state index < -0.39 is 0 Å². The molecule has 0 aliphatic heterocycles. The van der Waals surface area contributed by atoms with Crippen molar-refractivity contribution < 1.29 is 8.83 Å². The SMILES string of the molecule is c1ccc(-c2cc(-c3ccc(-c4cccc5oc6ccccc6c45)c4oc5ccccc5c34)nc(-c3ccccc3-c3ccccn3)n2)cc1. The van der Waals surface area contributed by atoms with Gasteiger partial charge in [-0.3, -0.25) is 4.98 Å². The van der Waals surface area contributed by atoms with Crippen molar-refractivity contribution in [2.75, 3.05) is 0 Å². The highest BCUT2D eigenvalue weighted by molar-refractivity contribution is 6.20. The van der Waals surface area contributed by atoms with Gasteiger partial charge in [0, 0.05) is 55.6 Å². The van der Waals surface area contributed by atoms with Gasteiger partial charge in [-0.05, 0) is 48.0 Å². The maximum absolute atomic E-state index is 6.76. The molecule has 0 aliphatic carbocycles. The van der Waals surface area contributed by atoms with Crippen molar-refractivity contribution in [1.29, 1.82) is 0 Å². The molecule has 10 aromatic rings. The number of rotatable bonds is 5. The topological polar surface area (TPSA) is 65.0 Å². The first-order valence-corrected chi connectivity index (χ1v) is 16.6. The maximum atomic E-state index is 6.76. The second-order valence-corrected chi connectivity index (χ2v) is 12.3. The third-order valence-electron chi connectivity index (χ3n) is 9.40. The summed E-state index contributed by atoms with van der Waals surface area (Å²) in [6, 6.07) is 53.5. The third-order valence-corrected chi connectivity index (χ3v) is 9.40. The van der Waals surface area contributed by atoms with Crippen molar-refractivity contribution in [3.8, 4) is 56.3 Å². The fourth-order valence-electron chi connectivity index (χ4n) is 7.14. The highest BCUT2D eigenvalue weighted by Gasteiger charge is 2.22. The van der Waals surface area contributed by atoms with Gasteiger partial charge in [-0.15, -0.1) is 0 Å². The molecule has 0 fully saturated rings. The van der Waals surface area contributed by atoms with Crippen molar-refractivity contribution >= 4 is 43.9 Å². The number of nitrogens with zero attached hydrogens (tertiary/aromatic N) is 3. The molecule has 0 saturated carbocycles. The van der Waals surface area contributed by atoms with Crippen molar-refractivity contribution in [2.24, 2.45) is 0 Å². The van der Waals surface area contributed by atoms with Gasteiger partial charge in [0.05, 0.1) is 17.1 Å². The number of hydrogen-bond acceptors (Lipinski definition) is 5. The Hall–Kier alpha value is -6.85. The van der Waals surface area contributed by atoms with E-state index in [9.17, 15) is 0 Å². The molecule has 0 radical (unpaired) electrons. The zero-order valence-corrected chi connectivity index (χ0v) is 26.7. The molecule has 0 N–H and O–H groups in total. The summed E-state index contributed by atoms with van der Waals surface area (Å²) in [5.41, 5.74) is 11.7. The Bertz CT molecular complexity index is 2870. The van der Waals surface area contributed by atoms with E-state index >= 15 is 0 Å². The molecule has 0 aliphatic rings. The van der Waals surface area contributed by atoms with Gasteiger partial charge >= 0.3 is 0 Å². The largest absolute Gasteiger partial charge is 0.456 e. The lowest BCUT2D eigenvalue weighted by Gasteiger charge is -2.13. The normalized spacial score (nSPS) is 11.6. The van der Waals surface area contributed by atoms with Gasteiger partial charge in [0.2, 0.25) is 0 Å². The van der Waals surface area contributed by atoms with Crippen LogP contribution in [0.5, 0.6) is 0 Å². The Morgan fingerprint density at radius 1 is 0.380 bits per heavy atom. The minimum absolute atomic E-state index is 0.627. The van der Waals surface area contributed by atoms with Crippen LogP contribution >= 0.6 is 0 Å². The van der Waals surface area contributed by atoms with Crippen LogP contribution in [0.2, 0.25) is 0 Å². The monoisotopic (exact) mass is 641 g/mol. The van der Waals surface area contributed by atoms with Gasteiger partial charge in [-0.1, -0.05) is 115 Å². The van der Waals surface area contributed by atoms with Gasteiger partial charge in [0.15, 0.2) is 5.82 Å². The summed E-state index contributed by atoms with van der Waals surface area (Å²) in [5.74, 6) is 0.627. The number of pyridine rings is 1. The summed E-state index contributed by atoms with van der Waals surface area (Å²) in [6.45, 7) is 0. The van der Waals surface area contributed by atoms with Gasteiger partial charge in [0.25, 0.3) is 0 Å². The fourth-order valence-corrected chi connectivity index (χ4v) is 7.14. The molecule has 0 spiro atoms. The Morgan fingerprint density at radius 2 is 1.02 bits per heavy atom. The summed E-state index contributed by atoms with van der Waals surface area (Å²) in [7, 11) is 0. The van der Waals surface area contributed by atoms with Gasteiger partial charge in [-0.2, -0.15) is 0 Å². The van der Waals surface area contributed by atoms with Crippen LogP contribution in [0.25, 0.3) is 100 Å². The molecule has 0 amide bonds. The summed E-state index contributed by atoms with van der Waals surface area (Å²) >= 11 is 0. The molecule has 4 heterocycles. The van der Waals surface area contributed by atoms with E-state index in [-0.39, 0.29) is 0 Å². The first-order valence-electron chi connectivity index (χ1n) is 16.6. The van der Waals surface area contributed by atoms with Crippen molar-refractivity contribution in [2.45, 2.75) is 0 Å².